The Kier molecular flexibility index (Phi) is 4.18. The second kappa shape index (κ2) is 6.43. The average Bonchev–Trinajstić information content (AvgIpc) is 2.55. The van der Waals surface area contributed by atoms with Crippen LogP contribution in [0.15, 0.2) is 36.9 Å². The first-order chi connectivity index (χ1) is 9.92. The van der Waals surface area contributed by atoms with E-state index in [0.29, 0.717) is 11.9 Å². The summed E-state index contributed by atoms with van der Waals surface area (Å²) in [5, 5.41) is 6.73. The number of aromatic nitrogens is 3. The minimum atomic E-state index is 0.672. The fourth-order valence-electron chi connectivity index (χ4n) is 2.44. The molecule has 1 aliphatic heterocycles. The van der Waals surface area contributed by atoms with Gasteiger partial charge in [0.05, 0.1) is 0 Å². The molecule has 1 aliphatic rings. The van der Waals surface area contributed by atoms with Crippen molar-refractivity contribution in [2.45, 2.75) is 12.8 Å². The molecule has 20 heavy (non-hydrogen) atoms. The predicted octanol–water partition coefficient (Wildman–Crippen LogP) is 1.95. The normalized spacial score (nSPS) is 18.7. The molecule has 3 rings (SSSR count). The zero-order valence-corrected chi connectivity index (χ0v) is 11.4. The Morgan fingerprint density at radius 1 is 1.20 bits per heavy atom. The lowest BCUT2D eigenvalue weighted by atomic mass is 10.00. The molecule has 1 unspecified atom stereocenters. The van der Waals surface area contributed by atoms with Crippen LogP contribution >= 0.6 is 0 Å². The molecule has 0 amide bonds. The van der Waals surface area contributed by atoms with Crippen molar-refractivity contribution >= 4 is 5.95 Å². The fraction of sp³-hybridized carbons (Fsp3) is 0.400. The number of nitrogens with zero attached hydrogens (tertiary/aromatic N) is 3. The van der Waals surface area contributed by atoms with Crippen LogP contribution in [0.3, 0.4) is 0 Å². The van der Waals surface area contributed by atoms with Crippen molar-refractivity contribution in [3.8, 4) is 11.1 Å². The Morgan fingerprint density at radius 2 is 2.10 bits per heavy atom. The van der Waals surface area contributed by atoms with Crippen molar-refractivity contribution in [3.05, 3.63) is 36.9 Å². The quantitative estimate of drug-likeness (QED) is 0.888. The number of hydrogen-bond donors (Lipinski definition) is 2. The summed E-state index contributed by atoms with van der Waals surface area (Å²) in [7, 11) is 0. The highest BCUT2D eigenvalue weighted by molar-refractivity contribution is 5.60. The van der Waals surface area contributed by atoms with Gasteiger partial charge in [0.1, 0.15) is 0 Å². The Hall–Kier alpha value is -2.01. The summed E-state index contributed by atoms with van der Waals surface area (Å²) >= 11 is 0. The third kappa shape index (κ3) is 3.30. The van der Waals surface area contributed by atoms with Crippen molar-refractivity contribution < 1.29 is 0 Å². The van der Waals surface area contributed by atoms with Crippen LogP contribution in [0.2, 0.25) is 0 Å². The second-order valence-electron chi connectivity index (χ2n) is 5.13. The van der Waals surface area contributed by atoms with Crippen molar-refractivity contribution in [1.82, 2.24) is 20.3 Å². The van der Waals surface area contributed by atoms with Gasteiger partial charge >= 0.3 is 0 Å². The molecule has 2 N–H and O–H groups in total. The van der Waals surface area contributed by atoms with Crippen LogP contribution in [-0.2, 0) is 0 Å². The number of piperidine rings is 1. The van der Waals surface area contributed by atoms with Gasteiger partial charge in [-0.2, -0.15) is 0 Å². The van der Waals surface area contributed by atoms with E-state index in [9.17, 15) is 0 Å². The topological polar surface area (TPSA) is 62.7 Å². The number of hydrogen-bond acceptors (Lipinski definition) is 5. The Bertz CT molecular complexity index is 520. The molecule has 3 heterocycles. The van der Waals surface area contributed by atoms with Gasteiger partial charge in [-0.25, -0.2) is 9.97 Å². The van der Waals surface area contributed by atoms with E-state index in [4.69, 9.17) is 0 Å². The number of pyridine rings is 1. The van der Waals surface area contributed by atoms with E-state index in [1.807, 2.05) is 30.7 Å². The Morgan fingerprint density at radius 3 is 2.80 bits per heavy atom. The summed E-state index contributed by atoms with van der Waals surface area (Å²) in [6, 6.07) is 3.92. The Balaban J connectivity index is 1.58. The van der Waals surface area contributed by atoms with Crippen LogP contribution in [-0.4, -0.2) is 34.6 Å². The van der Waals surface area contributed by atoms with Crippen LogP contribution in [0.1, 0.15) is 12.8 Å². The number of nitrogens with one attached hydrogen (secondary N) is 2. The van der Waals surface area contributed by atoms with E-state index >= 15 is 0 Å². The summed E-state index contributed by atoms with van der Waals surface area (Å²) in [6.07, 6.45) is 9.79. The first kappa shape index (κ1) is 13.0. The van der Waals surface area contributed by atoms with Gasteiger partial charge in [0.2, 0.25) is 5.95 Å². The van der Waals surface area contributed by atoms with Gasteiger partial charge in [-0.1, -0.05) is 6.07 Å². The van der Waals surface area contributed by atoms with Crippen LogP contribution in [0, 0.1) is 5.92 Å². The molecule has 0 saturated carbocycles. The zero-order valence-electron chi connectivity index (χ0n) is 11.4. The molecule has 5 heteroatoms. The molecule has 1 fully saturated rings. The monoisotopic (exact) mass is 269 g/mol. The predicted molar refractivity (Wildman–Crippen MR) is 79.3 cm³/mol. The van der Waals surface area contributed by atoms with Gasteiger partial charge in [0.25, 0.3) is 0 Å². The maximum Gasteiger partial charge on any atom is 0.222 e. The van der Waals surface area contributed by atoms with Crippen LogP contribution in [0.5, 0.6) is 0 Å². The largest absolute Gasteiger partial charge is 0.354 e. The molecule has 2 aromatic rings. The summed E-state index contributed by atoms with van der Waals surface area (Å²) in [5.41, 5.74) is 2.03. The fourth-order valence-corrected chi connectivity index (χ4v) is 2.44. The molecule has 0 aromatic carbocycles. The van der Waals surface area contributed by atoms with Crippen LogP contribution < -0.4 is 10.6 Å². The van der Waals surface area contributed by atoms with Crippen LogP contribution in [0.4, 0.5) is 5.95 Å². The standard InChI is InChI=1S/C15H19N5/c1-3-12(7-16-5-1)8-18-15-19-10-14(11-20-15)13-4-2-6-17-9-13/h2,4,6,9-12,16H,1,3,5,7-8H2,(H,18,19,20). The van der Waals surface area contributed by atoms with Crippen molar-refractivity contribution in [2.75, 3.05) is 25.0 Å². The number of anilines is 1. The lowest BCUT2D eigenvalue weighted by molar-refractivity contribution is 0.392. The second-order valence-corrected chi connectivity index (χ2v) is 5.13. The van der Waals surface area contributed by atoms with E-state index in [-0.39, 0.29) is 0 Å². The van der Waals surface area contributed by atoms with Gasteiger partial charge in [-0.15, -0.1) is 0 Å². The molecule has 0 aliphatic carbocycles. The van der Waals surface area contributed by atoms with Gasteiger partial charge in [0, 0.05) is 42.5 Å². The molecular weight excluding hydrogens is 250 g/mol. The molecule has 1 saturated heterocycles. The highest BCUT2D eigenvalue weighted by atomic mass is 15.1. The molecule has 104 valence electrons. The molecule has 2 aromatic heterocycles. The van der Waals surface area contributed by atoms with E-state index in [2.05, 4.69) is 25.6 Å². The molecule has 1 atom stereocenters. The maximum absolute atomic E-state index is 4.37. The summed E-state index contributed by atoms with van der Waals surface area (Å²) in [6.45, 7) is 3.16. The first-order valence-electron chi connectivity index (χ1n) is 7.09. The van der Waals surface area contributed by atoms with Crippen molar-refractivity contribution in [1.29, 1.82) is 0 Å². The van der Waals surface area contributed by atoms with Crippen LogP contribution in [0.25, 0.3) is 11.1 Å². The highest BCUT2D eigenvalue weighted by Crippen LogP contribution is 2.16. The maximum atomic E-state index is 4.37. The summed E-state index contributed by atoms with van der Waals surface area (Å²) in [5.74, 6) is 1.37. The van der Waals surface area contributed by atoms with Crippen molar-refractivity contribution in [3.63, 3.8) is 0 Å². The molecular formula is C15H19N5. The molecule has 5 nitrogen and oxygen atoms in total. The minimum Gasteiger partial charge on any atom is -0.354 e. The third-order valence-corrected chi connectivity index (χ3v) is 3.59. The van der Waals surface area contributed by atoms with E-state index in [1.165, 1.54) is 12.8 Å². The zero-order chi connectivity index (χ0) is 13.6. The van der Waals surface area contributed by atoms with Gasteiger partial charge in [-0.3, -0.25) is 4.98 Å². The van der Waals surface area contributed by atoms with Gasteiger partial charge in [0.15, 0.2) is 0 Å². The smallest absolute Gasteiger partial charge is 0.222 e. The summed E-state index contributed by atoms with van der Waals surface area (Å²) in [4.78, 5) is 12.8. The van der Waals surface area contributed by atoms with E-state index < -0.39 is 0 Å². The SMILES string of the molecule is c1cncc(-c2cnc(NCC3CCCNC3)nc2)c1. The minimum absolute atomic E-state index is 0.672. The molecule has 0 spiro atoms. The van der Waals surface area contributed by atoms with Crippen molar-refractivity contribution in [2.24, 2.45) is 5.92 Å². The summed E-state index contributed by atoms with van der Waals surface area (Å²) < 4.78 is 0. The lowest BCUT2D eigenvalue weighted by Gasteiger charge is -2.22. The number of rotatable bonds is 4. The molecule has 0 bridgehead atoms. The van der Waals surface area contributed by atoms with Gasteiger partial charge in [-0.05, 0) is 37.9 Å². The van der Waals surface area contributed by atoms with Gasteiger partial charge < -0.3 is 10.6 Å². The van der Waals surface area contributed by atoms with E-state index in [0.717, 1.165) is 30.8 Å². The average molecular weight is 269 g/mol. The first-order valence-corrected chi connectivity index (χ1v) is 7.09. The lowest BCUT2D eigenvalue weighted by Crippen LogP contribution is -2.33. The Labute approximate surface area is 118 Å². The third-order valence-electron chi connectivity index (χ3n) is 3.59. The highest BCUT2D eigenvalue weighted by Gasteiger charge is 2.12. The van der Waals surface area contributed by atoms with E-state index in [1.54, 1.807) is 6.20 Å². The molecule has 0 radical (unpaired) electrons.